The van der Waals surface area contributed by atoms with Crippen LogP contribution in [0.3, 0.4) is 0 Å². The number of hydrogen-bond acceptors (Lipinski definition) is 6. The summed E-state index contributed by atoms with van der Waals surface area (Å²) in [5.74, 6) is 1.18. The fourth-order valence-electron chi connectivity index (χ4n) is 1.70. The normalized spacial score (nSPS) is 10.8. The first-order valence-corrected chi connectivity index (χ1v) is 6.82. The number of carboxylic acid groups (broad SMARTS) is 1. The molecule has 7 heteroatoms. The van der Waals surface area contributed by atoms with Crippen LogP contribution >= 0.6 is 0 Å². The van der Waals surface area contributed by atoms with E-state index < -0.39 is 5.97 Å². The lowest BCUT2D eigenvalue weighted by Crippen LogP contribution is -2.06. The average Bonchev–Trinajstić information content (AvgIpc) is 2.94. The second-order valence-corrected chi connectivity index (χ2v) is 4.97. The molecule has 0 bridgehead atoms. The molecule has 2 heterocycles. The van der Waals surface area contributed by atoms with Crippen molar-refractivity contribution in [3.63, 3.8) is 0 Å². The number of nitrogens with zero attached hydrogens (tertiary/aromatic N) is 3. The largest absolute Gasteiger partial charge is 0.481 e. The number of rotatable bonds is 7. The molecule has 0 unspecified atom stereocenters. The van der Waals surface area contributed by atoms with E-state index in [9.17, 15) is 4.79 Å². The molecule has 2 N–H and O–H groups in total. The van der Waals surface area contributed by atoms with E-state index in [1.807, 2.05) is 13.8 Å². The highest BCUT2D eigenvalue weighted by Crippen LogP contribution is 2.21. The molecule has 0 saturated carbocycles. The second-order valence-electron chi connectivity index (χ2n) is 4.97. The highest BCUT2D eigenvalue weighted by molar-refractivity contribution is 5.66. The minimum atomic E-state index is -0.800. The molecule has 0 saturated heterocycles. The van der Waals surface area contributed by atoms with Gasteiger partial charge in [0.2, 0.25) is 0 Å². The Labute approximate surface area is 122 Å². The van der Waals surface area contributed by atoms with E-state index in [4.69, 9.17) is 9.63 Å². The fraction of sp³-hybridized carbons (Fsp3) is 0.429. The first kappa shape index (κ1) is 15.0. The first-order valence-electron chi connectivity index (χ1n) is 6.82. The molecular formula is C14H18N4O3. The van der Waals surface area contributed by atoms with Crippen molar-refractivity contribution in [2.24, 2.45) is 0 Å². The minimum absolute atomic E-state index is 0.133. The summed E-state index contributed by atoms with van der Waals surface area (Å²) in [7, 11) is 0. The summed E-state index contributed by atoms with van der Waals surface area (Å²) in [5, 5.41) is 15.6. The SMILES string of the molecule is CC(C)c1noc(-c2ccnc(NCCCC(=O)O)c2)n1. The lowest BCUT2D eigenvalue weighted by molar-refractivity contribution is -0.137. The van der Waals surface area contributed by atoms with Gasteiger partial charge in [0.05, 0.1) is 0 Å². The van der Waals surface area contributed by atoms with Gasteiger partial charge in [0.15, 0.2) is 5.82 Å². The van der Waals surface area contributed by atoms with Gasteiger partial charge in [0, 0.05) is 30.6 Å². The Bertz CT molecular complexity index is 610. The molecule has 0 aromatic carbocycles. The summed E-state index contributed by atoms with van der Waals surface area (Å²) in [6.07, 6.45) is 2.32. The number of hydrogen-bond donors (Lipinski definition) is 2. The van der Waals surface area contributed by atoms with E-state index >= 15 is 0 Å². The zero-order valence-corrected chi connectivity index (χ0v) is 12.0. The van der Waals surface area contributed by atoms with Gasteiger partial charge in [-0.15, -0.1) is 0 Å². The van der Waals surface area contributed by atoms with E-state index in [2.05, 4.69) is 20.4 Å². The number of anilines is 1. The number of carboxylic acids is 1. The Kier molecular flexibility index (Phi) is 4.86. The topological polar surface area (TPSA) is 101 Å². The highest BCUT2D eigenvalue weighted by Gasteiger charge is 2.12. The molecule has 0 aliphatic rings. The van der Waals surface area contributed by atoms with Crippen molar-refractivity contribution < 1.29 is 14.4 Å². The molecule has 7 nitrogen and oxygen atoms in total. The zero-order chi connectivity index (χ0) is 15.2. The number of pyridine rings is 1. The average molecular weight is 290 g/mol. The van der Waals surface area contributed by atoms with Gasteiger partial charge >= 0.3 is 5.97 Å². The number of aromatic nitrogens is 3. The third-order valence-corrected chi connectivity index (χ3v) is 2.84. The summed E-state index contributed by atoms with van der Waals surface area (Å²) in [5.41, 5.74) is 0.783. The molecule has 0 spiro atoms. The molecule has 2 aromatic rings. The van der Waals surface area contributed by atoms with Gasteiger partial charge in [-0.2, -0.15) is 4.98 Å². The third-order valence-electron chi connectivity index (χ3n) is 2.84. The van der Waals surface area contributed by atoms with Gasteiger partial charge in [-0.3, -0.25) is 4.79 Å². The van der Waals surface area contributed by atoms with Crippen LogP contribution in [0.4, 0.5) is 5.82 Å². The molecule has 2 rings (SSSR count). The maximum atomic E-state index is 10.4. The summed E-state index contributed by atoms with van der Waals surface area (Å²) >= 11 is 0. The quantitative estimate of drug-likeness (QED) is 0.755. The van der Waals surface area contributed by atoms with E-state index in [1.54, 1.807) is 18.3 Å². The van der Waals surface area contributed by atoms with Gasteiger partial charge < -0.3 is 14.9 Å². The van der Waals surface area contributed by atoms with Crippen LogP contribution < -0.4 is 5.32 Å². The van der Waals surface area contributed by atoms with Gasteiger partial charge in [-0.1, -0.05) is 19.0 Å². The molecule has 2 aromatic heterocycles. The second kappa shape index (κ2) is 6.83. The molecule has 0 radical (unpaired) electrons. The van der Waals surface area contributed by atoms with Crippen molar-refractivity contribution in [3.05, 3.63) is 24.2 Å². The van der Waals surface area contributed by atoms with Crippen molar-refractivity contribution in [1.29, 1.82) is 0 Å². The predicted molar refractivity (Wildman–Crippen MR) is 77.0 cm³/mol. The highest BCUT2D eigenvalue weighted by atomic mass is 16.5. The van der Waals surface area contributed by atoms with Gasteiger partial charge in [-0.05, 0) is 18.6 Å². The van der Waals surface area contributed by atoms with Crippen LogP contribution in [0, 0.1) is 0 Å². The first-order chi connectivity index (χ1) is 10.1. The molecule has 0 atom stereocenters. The Balaban J connectivity index is 2.01. The number of carbonyl (C=O) groups is 1. The summed E-state index contributed by atoms with van der Waals surface area (Å²) in [6, 6.07) is 3.60. The number of nitrogens with one attached hydrogen (secondary N) is 1. The van der Waals surface area contributed by atoms with Gasteiger partial charge in [0.25, 0.3) is 5.89 Å². The van der Waals surface area contributed by atoms with Crippen LogP contribution in [0.1, 0.15) is 38.4 Å². The van der Waals surface area contributed by atoms with E-state index in [-0.39, 0.29) is 12.3 Å². The Morgan fingerprint density at radius 3 is 2.95 bits per heavy atom. The molecule has 0 aliphatic carbocycles. The lowest BCUT2D eigenvalue weighted by Gasteiger charge is -2.04. The van der Waals surface area contributed by atoms with Crippen LogP contribution in [0.5, 0.6) is 0 Å². The van der Waals surface area contributed by atoms with E-state index in [0.717, 1.165) is 5.56 Å². The van der Waals surface area contributed by atoms with Gasteiger partial charge in [-0.25, -0.2) is 4.98 Å². The van der Waals surface area contributed by atoms with Crippen molar-refractivity contribution in [1.82, 2.24) is 15.1 Å². The van der Waals surface area contributed by atoms with Crippen molar-refractivity contribution >= 4 is 11.8 Å². The summed E-state index contributed by atoms with van der Waals surface area (Å²) in [4.78, 5) is 18.9. The van der Waals surface area contributed by atoms with Crippen LogP contribution in [0.25, 0.3) is 11.5 Å². The summed E-state index contributed by atoms with van der Waals surface area (Å²) < 4.78 is 5.23. The van der Waals surface area contributed by atoms with E-state index in [1.165, 1.54) is 0 Å². The Hall–Kier alpha value is -2.44. The standard InChI is InChI=1S/C14H18N4O3/c1-9(2)13-17-14(21-18-13)10-5-7-16-11(8-10)15-6-3-4-12(19)20/h5,7-9H,3-4,6H2,1-2H3,(H,15,16)(H,19,20). The number of aliphatic carboxylic acids is 1. The summed E-state index contributed by atoms with van der Waals surface area (Å²) in [6.45, 7) is 4.54. The maximum Gasteiger partial charge on any atom is 0.303 e. The zero-order valence-electron chi connectivity index (χ0n) is 12.0. The van der Waals surface area contributed by atoms with Crippen LogP contribution in [0.2, 0.25) is 0 Å². The molecular weight excluding hydrogens is 272 g/mol. The van der Waals surface area contributed by atoms with Crippen molar-refractivity contribution in [2.75, 3.05) is 11.9 Å². The van der Waals surface area contributed by atoms with Gasteiger partial charge in [0.1, 0.15) is 5.82 Å². The smallest absolute Gasteiger partial charge is 0.303 e. The van der Waals surface area contributed by atoms with Crippen molar-refractivity contribution in [3.8, 4) is 11.5 Å². The van der Waals surface area contributed by atoms with Crippen molar-refractivity contribution in [2.45, 2.75) is 32.6 Å². The van der Waals surface area contributed by atoms with Crippen LogP contribution in [0.15, 0.2) is 22.9 Å². The molecule has 0 amide bonds. The monoisotopic (exact) mass is 290 g/mol. The molecule has 21 heavy (non-hydrogen) atoms. The molecule has 112 valence electrons. The Morgan fingerprint density at radius 1 is 1.48 bits per heavy atom. The van der Waals surface area contributed by atoms with Crippen LogP contribution in [-0.2, 0) is 4.79 Å². The third kappa shape index (κ3) is 4.27. The Morgan fingerprint density at radius 2 is 2.29 bits per heavy atom. The molecule has 0 fully saturated rings. The minimum Gasteiger partial charge on any atom is -0.481 e. The van der Waals surface area contributed by atoms with E-state index in [0.29, 0.717) is 30.5 Å². The fourth-order valence-corrected chi connectivity index (χ4v) is 1.70. The molecule has 0 aliphatic heterocycles. The predicted octanol–water partition coefficient (Wildman–Crippen LogP) is 2.53. The maximum absolute atomic E-state index is 10.4. The lowest BCUT2D eigenvalue weighted by atomic mass is 10.2. The van der Waals surface area contributed by atoms with Crippen LogP contribution in [-0.4, -0.2) is 32.7 Å².